The lowest BCUT2D eigenvalue weighted by Gasteiger charge is -2.36. The van der Waals surface area contributed by atoms with Crippen LogP contribution in [0.25, 0.3) is 0 Å². The maximum Gasteiger partial charge on any atom is 0.243 e. The monoisotopic (exact) mass is 620 g/mol. The minimum absolute atomic E-state index is 0.0418. The number of carbonyl (C=O) groups is 1. The van der Waals surface area contributed by atoms with Gasteiger partial charge in [-0.1, -0.05) is 42.3 Å². The molecule has 0 spiro atoms. The Balaban J connectivity index is 1.03. The van der Waals surface area contributed by atoms with Crippen molar-refractivity contribution in [3.63, 3.8) is 0 Å². The van der Waals surface area contributed by atoms with E-state index in [1.54, 1.807) is 12.1 Å². The van der Waals surface area contributed by atoms with Gasteiger partial charge < -0.3 is 9.88 Å². The number of aromatic nitrogens is 1. The van der Waals surface area contributed by atoms with Gasteiger partial charge in [0.25, 0.3) is 0 Å². The normalized spacial score (nSPS) is 25.7. The predicted molar refractivity (Wildman–Crippen MR) is 168 cm³/mol. The van der Waals surface area contributed by atoms with Crippen LogP contribution >= 0.6 is 11.6 Å². The Labute approximate surface area is 260 Å². The van der Waals surface area contributed by atoms with Crippen molar-refractivity contribution in [3.05, 3.63) is 87.7 Å². The summed E-state index contributed by atoms with van der Waals surface area (Å²) in [6, 6.07) is 16.6. The van der Waals surface area contributed by atoms with Gasteiger partial charge in [0.05, 0.1) is 10.9 Å². The van der Waals surface area contributed by atoms with Gasteiger partial charge in [-0.3, -0.25) is 9.69 Å². The van der Waals surface area contributed by atoms with Crippen molar-refractivity contribution >= 4 is 27.5 Å². The molecule has 0 radical (unpaired) electrons. The molecule has 4 heterocycles. The van der Waals surface area contributed by atoms with Gasteiger partial charge in [0.1, 0.15) is 0 Å². The smallest absolute Gasteiger partial charge is 0.243 e. The number of piperidine rings is 1. The average molecular weight is 621 g/mol. The van der Waals surface area contributed by atoms with E-state index >= 15 is 0 Å². The van der Waals surface area contributed by atoms with Crippen molar-refractivity contribution in [1.29, 1.82) is 0 Å². The number of rotatable bonds is 7. The van der Waals surface area contributed by atoms with Gasteiger partial charge in [0.15, 0.2) is 0 Å². The van der Waals surface area contributed by atoms with E-state index in [4.69, 9.17) is 11.6 Å². The summed E-state index contributed by atoms with van der Waals surface area (Å²) in [4.78, 5) is 16.4. The molecule has 3 aliphatic heterocycles. The molecule has 2 aromatic carbocycles. The molecule has 1 aliphatic carbocycles. The largest absolute Gasteiger partial charge is 0.353 e. The number of hydrogen-bond acceptors (Lipinski definition) is 4. The van der Waals surface area contributed by atoms with E-state index in [9.17, 15) is 13.2 Å². The first-order chi connectivity index (χ1) is 20.8. The molecule has 43 heavy (non-hydrogen) atoms. The number of benzene rings is 2. The van der Waals surface area contributed by atoms with Crippen LogP contribution in [0.15, 0.2) is 59.6 Å². The van der Waals surface area contributed by atoms with Gasteiger partial charge in [-0.15, -0.1) is 0 Å². The molecular weight excluding hydrogens is 580 g/mol. The molecule has 228 valence electrons. The fourth-order valence-corrected chi connectivity index (χ4v) is 9.85. The van der Waals surface area contributed by atoms with Gasteiger partial charge >= 0.3 is 0 Å². The van der Waals surface area contributed by atoms with E-state index in [0.29, 0.717) is 18.1 Å². The Hall–Kier alpha value is -2.65. The highest BCUT2D eigenvalue weighted by atomic mass is 35.5. The summed E-state index contributed by atoms with van der Waals surface area (Å²) in [5.41, 5.74) is 5.80. The van der Waals surface area contributed by atoms with Crippen LogP contribution in [0.4, 0.5) is 0 Å². The molecule has 9 heteroatoms. The summed E-state index contributed by atoms with van der Waals surface area (Å²) in [7, 11) is -3.86. The maximum atomic E-state index is 13.8. The highest BCUT2D eigenvalue weighted by Crippen LogP contribution is 2.38. The molecule has 4 unspecified atom stereocenters. The molecule has 7 nitrogen and oxygen atoms in total. The molecule has 1 aromatic heterocycles. The Morgan fingerprint density at radius 3 is 2.58 bits per heavy atom. The second kappa shape index (κ2) is 11.7. The lowest BCUT2D eigenvalue weighted by molar-refractivity contribution is -0.123. The second-order valence-electron chi connectivity index (χ2n) is 13.0. The highest BCUT2D eigenvalue weighted by Gasteiger charge is 2.39. The summed E-state index contributed by atoms with van der Waals surface area (Å²) < 4.78 is 31.2. The van der Waals surface area contributed by atoms with Gasteiger partial charge in [0.2, 0.25) is 15.9 Å². The maximum absolute atomic E-state index is 13.8. The quantitative estimate of drug-likeness (QED) is 0.364. The van der Waals surface area contributed by atoms with Crippen molar-refractivity contribution in [1.82, 2.24) is 19.1 Å². The Kier molecular flexibility index (Phi) is 7.91. The minimum Gasteiger partial charge on any atom is -0.353 e. The second-order valence-corrected chi connectivity index (χ2v) is 15.3. The van der Waals surface area contributed by atoms with E-state index in [1.165, 1.54) is 59.2 Å². The fraction of sp³-hybridized carbons (Fsp3) is 0.500. The van der Waals surface area contributed by atoms with E-state index in [-0.39, 0.29) is 23.3 Å². The molecule has 2 saturated heterocycles. The van der Waals surface area contributed by atoms with E-state index in [0.717, 1.165) is 49.1 Å². The number of halogens is 1. The zero-order valence-corrected chi connectivity index (χ0v) is 26.4. The van der Waals surface area contributed by atoms with Gasteiger partial charge in [-0.2, -0.15) is 4.31 Å². The first kappa shape index (κ1) is 29.1. The third kappa shape index (κ3) is 5.68. The number of amides is 1. The summed E-state index contributed by atoms with van der Waals surface area (Å²) in [5, 5.41) is 3.68. The molecular formula is C34H41ClN4O3S. The summed E-state index contributed by atoms with van der Waals surface area (Å²) in [6.45, 7) is 3.74. The SMILES string of the molecule is Cc1ccc(S(=O)(=O)N2CCn3cccc3C2CC(=O)NC2CCc3cc(CN4C5CCCC4CC5)ccc3C2)cc1Cl. The standard InChI is InChI=1S/C34H41ClN4O3S/c1-23-7-14-30(20-31(23)35)43(41,42)39-17-16-37-15-3-6-32(37)33(39)21-34(40)36-27-11-10-25-18-24(8-9-26(25)19-27)22-38-28-4-2-5-29(38)13-12-28/h3,6-9,14-15,18,20,27-29,33H,2,4-5,10-13,16-17,19,21-22H2,1H3,(H,36,40). The first-order valence-corrected chi connectivity index (χ1v) is 17.7. The number of nitrogens with one attached hydrogen (secondary N) is 1. The molecule has 7 rings (SSSR count). The Bertz CT molecular complexity index is 1620. The summed E-state index contributed by atoms with van der Waals surface area (Å²) in [6.07, 6.45) is 11.5. The van der Waals surface area contributed by atoms with Crippen LogP contribution < -0.4 is 5.32 Å². The molecule has 2 fully saturated rings. The van der Waals surface area contributed by atoms with E-state index in [1.807, 2.05) is 25.3 Å². The molecule has 4 atom stereocenters. The number of fused-ring (bicyclic) bond motifs is 4. The molecule has 3 aromatic rings. The predicted octanol–water partition coefficient (Wildman–Crippen LogP) is 5.78. The molecule has 0 saturated carbocycles. The van der Waals surface area contributed by atoms with Crippen molar-refractivity contribution in [3.8, 4) is 0 Å². The summed E-state index contributed by atoms with van der Waals surface area (Å²) >= 11 is 6.30. The van der Waals surface area contributed by atoms with Gasteiger partial charge in [-0.25, -0.2) is 8.42 Å². The highest BCUT2D eigenvalue weighted by molar-refractivity contribution is 7.89. The topological polar surface area (TPSA) is 74.6 Å². The van der Waals surface area contributed by atoms with Crippen LogP contribution in [0, 0.1) is 6.92 Å². The van der Waals surface area contributed by atoms with Crippen molar-refractivity contribution in [2.45, 2.75) is 107 Å². The lowest BCUT2D eigenvalue weighted by atomic mass is 9.87. The van der Waals surface area contributed by atoms with Crippen LogP contribution in [0.3, 0.4) is 0 Å². The number of aryl methyl sites for hydroxylation is 2. The van der Waals surface area contributed by atoms with Crippen molar-refractivity contribution in [2.75, 3.05) is 6.54 Å². The molecule has 4 aliphatic rings. The number of carbonyl (C=O) groups excluding carboxylic acids is 1. The van der Waals surface area contributed by atoms with E-state index in [2.05, 4.69) is 33.0 Å². The lowest BCUT2D eigenvalue weighted by Crippen LogP contribution is -2.45. The number of sulfonamides is 1. The van der Waals surface area contributed by atoms with Gasteiger partial charge in [0, 0.05) is 61.1 Å². The van der Waals surface area contributed by atoms with Crippen LogP contribution in [0.5, 0.6) is 0 Å². The molecule has 1 amide bonds. The van der Waals surface area contributed by atoms with Crippen LogP contribution in [-0.4, -0.2) is 52.8 Å². The fourth-order valence-electron chi connectivity index (χ4n) is 7.99. The van der Waals surface area contributed by atoms with Crippen LogP contribution in [0.2, 0.25) is 5.02 Å². The van der Waals surface area contributed by atoms with Crippen molar-refractivity contribution < 1.29 is 13.2 Å². The van der Waals surface area contributed by atoms with E-state index < -0.39 is 16.1 Å². The third-order valence-corrected chi connectivity index (χ3v) is 12.6. The average Bonchev–Trinajstić information content (AvgIpc) is 3.54. The zero-order valence-electron chi connectivity index (χ0n) is 24.8. The minimum atomic E-state index is -3.86. The van der Waals surface area contributed by atoms with Crippen LogP contribution in [0.1, 0.15) is 78.9 Å². The molecule has 1 N–H and O–H groups in total. The molecule has 2 bridgehead atoms. The number of nitrogens with zero attached hydrogens (tertiary/aromatic N) is 3. The number of hydrogen-bond donors (Lipinski definition) is 1. The van der Waals surface area contributed by atoms with Crippen molar-refractivity contribution in [2.24, 2.45) is 0 Å². The third-order valence-electron chi connectivity index (χ3n) is 10.3. The summed E-state index contributed by atoms with van der Waals surface area (Å²) in [5.74, 6) is -0.118. The zero-order chi connectivity index (χ0) is 29.7. The van der Waals surface area contributed by atoms with Crippen LogP contribution in [-0.2, 0) is 40.7 Å². The Morgan fingerprint density at radius 1 is 0.977 bits per heavy atom. The Morgan fingerprint density at radius 2 is 1.79 bits per heavy atom. The first-order valence-electron chi connectivity index (χ1n) is 15.8. The van der Waals surface area contributed by atoms with Gasteiger partial charge in [-0.05, 0) is 98.4 Å².